The number of ether oxygens (including phenoxy) is 3. The Bertz CT molecular complexity index is 1540. The summed E-state index contributed by atoms with van der Waals surface area (Å²) in [6.45, 7) is 4.87. The van der Waals surface area contributed by atoms with Crippen LogP contribution in [0, 0.1) is 5.92 Å². The molecule has 3 unspecified atom stereocenters. The SMILES string of the molecule is CCOC(=O)CC(=O)OCC.COC(=O)C(C(C)=O)C(c1ccc(Br)nc1)C(F)(F)F.O=S(=O)(OC(c1ccc(Br)nc1)C(F)(F)F)C(F)(F)F. The van der Waals surface area contributed by atoms with E-state index in [0.717, 1.165) is 38.4 Å². The molecule has 12 nitrogen and oxygen atoms in total. The van der Waals surface area contributed by atoms with E-state index in [1.807, 2.05) is 0 Å². The lowest BCUT2D eigenvalue weighted by Crippen LogP contribution is -2.37. The van der Waals surface area contributed by atoms with Crippen molar-refractivity contribution in [2.24, 2.45) is 5.92 Å². The zero-order chi connectivity index (χ0) is 40.0. The molecule has 0 radical (unpaired) electrons. The molecule has 0 saturated carbocycles. The highest BCUT2D eigenvalue weighted by Crippen LogP contribution is 2.42. The molecule has 0 bridgehead atoms. The number of hydrogen-bond acceptors (Lipinski definition) is 12. The lowest BCUT2D eigenvalue weighted by molar-refractivity contribution is -0.200. The molecule has 24 heteroatoms. The highest BCUT2D eigenvalue weighted by atomic mass is 79.9. The minimum absolute atomic E-state index is 0.112. The Morgan fingerprint density at radius 3 is 1.49 bits per heavy atom. The smallest absolute Gasteiger partial charge is 0.468 e. The van der Waals surface area contributed by atoms with E-state index in [0.29, 0.717) is 10.8 Å². The van der Waals surface area contributed by atoms with Crippen LogP contribution in [0.25, 0.3) is 0 Å². The number of pyridine rings is 2. The fraction of sp³-hybridized carbons (Fsp3) is 0.481. The number of Topliss-reactive ketones (excluding diaryl/α,β-unsaturated/α-hetero) is 1. The molecule has 0 aliphatic heterocycles. The summed E-state index contributed by atoms with van der Waals surface area (Å²) in [5.74, 6) is -7.43. The van der Waals surface area contributed by atoms with Crippen LogP contribution in [0.5, 0.6) is 0 Å². The number of hydrogen-bond donors (Lipinski definition) is 0. The molecule has 0 aromatic carbocycles. The van der Waals surface area contributed by atoms with Gasteiger partial charge < -0.3 is 14.2 Å². The molecule has 3 atom stereocenters. The average Bonchev–Trinajstić information content (AvgIpc) is 2.98. The number of carbonyl (C=O) groups excluding carboxylic acids is 4. The Kier molecular flexibility index (Phi) is 19.2. The molecule has 0 aliphatic rings. The first-order chi connectivity index (χ1) is 23.2. The maximum atomic E-state index is 13.2. The van der Waals surface area contributed by atoms with E-state index in [1.165, 1.54) is 6.07 Å². The van der Waals surface area contributed by atoms with Crippen molar-refractivity contribution >= 4 is 65.7 Å². The van der Waals surface area contributed by atoms with E-state index in [-0.39, 0.29) is 29.8 Å². The summed E-state index contributed by atoms with van der Waals surface area (Å²) in [4.78, 5) is 51.2. The van der Waals surface area contributed by atoms with Crippen LogP contribution in [-0.2, 0) is 47.7 Å². The Hall–Kier alpha value is -3.38. The largest absolute Gasteiger partial charge is 0.523 e. The molecule has 0 spiro atoms. The highest BCUT2D eigenvalue weighted by molar-refractivity contribution is 9.10. The summed E-state index contributed by atoms with van der Waals surface area (Å²) in [6, 6.07) is 4.20. The topological polar surface area (TPSA) is 165 Å². The molecule has 0 aliphatic carbocycles. The molecule has 288 valence electrons. The second-order valence-electron chi connectivity index (χ2n) is 9.16. The summed E-state index contributed by atoms with van der Waals surface area (Å²) < 4.78 is 152. The van der Waals surface area contributed by atoms with Crippen LogP contribution in [-0.4, -0.2) is 80.3 Å². The zero-order valence-corrected chi connectivity index (χ0v) is 30.3. The number of aromatic nitrogens is 2. The van der Waals surface area contributed by atoms with Gasteiger partial charge in [-0.1, -0.05) is 12.1 Å². The second-order valence-corrected chi connectivity index (χ2v) is 12.4. The van der Waals surface area contributed by atoms with Crippen LogP contribution in [0.15, 0.2) is 45.9 Å². The fourth-order valence-electron chi connectivity index (χ4n) is 3.37. The first-order valence-electron chi connectivity index (χ1n) is 13.5. The number of ketones is 1. The van der Waals surface area contributed by atoms with Crippen LogP contribution in [0.4, 0.5) is 39.5 Å². The molecular formula is C27H27Br2F9N2O10S. The summed E-state index contributed by atoms with van der Waals surface area (Å²) >= 11 is 5.81. The third kappa shape index (κ3) is 16.7. The van der Waals surface area contributed by atoms with E-state index < -0.39 is 75.2 Å². The lowest BCUT2D eigenvalue weighted by atomic mass is 9.83. The van der Waals surface area contributed by atoms with E-state index in [1.54, 1.807) is 13.8 Å². The van der Waals surface area contributed by atoms with Gasteiger partial charge in [0.05, 0.1) is 20.3 Å². The Balaban J connectivity index is 0.000000770. The van der Waals surface area contributed by atoms with Crippen LogP contribution in [0.3, 0.4) is 0 Å². The van der Waals surface area contributed by atoms with Crippen LogP contribution in [0.2, 0.25) is 0 Å². The first-order valence-corrected chi connectivity index (χ1v) is 16.5. The number of esters is 3. The summed E-state index contributed by atoms with van der Waals surface area (Å²) in [6.07, 6.45) is -12.2. The minimum atomic E-state index is -6.40. The van der Waals surface area contributed by atoms with E-state index in [4.69, 9.17) is 0 Å². The van der Waals surface area contributed by atoms with Gasteiger partial charge in [-0.25, -0.2) is 14.2 Å². The number of methoxy groups -OCH3 is 1. The predicted molar refractivity (Wildman–Crippen MR) is 162 cm³/mol. The normalized spacial score (nSPS) is 13.5. The quantitative estimate of drug-likeness (QED) is 0.0448. The average molecular weight is 902 g/mol. The molecule has 0 saturated heterocycles. The summed E-state index contributed by atoms with van der Waals surface area (Å²) in [5, 5.41) is 0. The highest BCUT2D eigenvalue weighted by Gasteiger charge is 2.54. The van der Waals surface area contributed by atoms with E-state index in [9.17, 15) is 67.1 Å². The Morgan fingerprint density at radius 1 is 0.765 bits per heavy atom. The lowest BCUT2D eigenvalue weighted by Gasteiger charge is -2.25. The van der Waals surface area contributed by atoms with Gasteiger partial charge in [0.1, 0.15) is 33.2 Å². The third-order valence-electron chi connectivity index (χ3n) is 5.44. The molecule has 2 rings (SSSR count). The molecule has 2 aromatic heterocycles. The Morgan fingerprint density at radius 2 is 1.20 bits per heavy atom. The maximum absolute atomic E-state index is 13.2. The summed E-state index contributed by atoms with van der Waals surface area (Å²) in [7, 11) is -5.46. The number of carbonyl (C=O) groups is 4. The van der Waals surface area contributed by atoms with Gasteiger partial charge in [-0.15, -0.1) is 0 Å². The molecule has 0 amide bonds. The standard InChI is InChI=1S/C12H11BrF3NO3.C8H4BrF6NO3S.C7H12O4/c1-6(18)9(11(19)20-2)10(12(14,15)16)7-3-4-8(13)17-5-7;9-5-2-1-4(3-16-5)6(7(10,11)12)19-20(17,18)8(13,14)15;1-3-10-6(8)5-7(9)11-4-2/h3-5,9-10H,1-2H3;1-3,6H;3-5H2,1-2H3. The maximum Gasteiger partial charge on any atom is 0.523 e. The first kappa shape index (κ1) is 47.6. The molecule has 0 N–H and O–H groups in total. The molecule has 51 heavy (non-hydrogen) atoms. The van der Waals surface area contributed by atoms with Crippen LogP contribution in [0.1, 0.15) is 50.3 Å². The zero-order valence-electron chi connectivity index (χ0n) is 26.4. The van der Waals surface area contributed by atoms with Crippen molar-refractivity contribution in [1.82, 2.24) is 9.97 Å². The van der Waals surface area contributed by atoms with E-state index >= 15 is 0 Å². The van der Waals surface area contributed by atoms with Crippen LogP contribution < -0.4 is 0 Å². The van der Waals surface area contributed by atoms with Gasteiger partial charge in [-0.05, 0) is 70.3 Å². The van der Waals surface area contributed by atoms with Crippen molar-refractivity contribution in [3.05, 3.63) is 57.0 Å². The molecule has 2 aromatic rings. The van der Waals surface area contributed by atoms with Crippen molar-refractivity contribution in [1.29, 1.82) is 0 Å². The van der Waals surface area contributed by atoms with Crippen molar-refractivity contribution in [3.8, 4) is 0 Å². The molecule has 0 fully saturated rings. The van der Waals surface area contributed by atoms with Gasteiger partial charge in [-0.3, -0.25) is 19.2 Å². The van der Waals surface area contributed by atoms with Crippen molar-refractivity contribution < 1.29 is 85.5 Å². The number of halogens is 11. The van der Waals surface area contributed by atoms with Gasteiger partial charge >= 0.3 is 45.9 Å². The number of rotatable bonds is 11. The Labute approximate surface area is 300 Å². The minimum Gasteiger partial charge on any atom is -0.468 e. The second kappa shape index (κ2) is 20.6. The van der Waals surface area contributed by atoms with Crippen molar-refractivity contribution in [3.63, 3.8) is 0 Å². The third-order valence-corrected chi connectivity index (χ3v) is 7.40. The fourth-order valence-corrected chi connectivity index (χ4v) is 4.42. The van der Waals surface area contributed by atoms with Crippen molar-refractivity contribution in [2.75, 3.05) is 20.3 Å². The number of alkyl halides is 9. The van der Waals surface area contributed by atoms with Gasteiger partial charge in [0.15, 0.2) is 6.10 Å². The van der Waals surface area contributed by atoms with Gasteiger partial charge in [0.25, 0.3) is 0 Å². The molecule has 2 heterocycles. The van der Waals surface area contributed by atoms with Gasteiger partial charge in [0.2, 0.25) is 0 Å². The van der Waals surface area contributed by atoms with Gasteiger partial charge in [0, 0.05) is 18.0 Å². The summed E-state index contributed by atoms with van der Waals surface area (Å²) in [5.41, 5.74) is -7.11. The number of nitrogens with zero attached hydrogens (tertiary/aromatic N) is 2. The van der Waals surface area contributed by atoms with Crippen molar-refractivity contribution in [2.45, 2.75) is 57.1 Å². The predicted octanol–water partition coefficient (Wildman–Crippen LogP) is 6.68. The van der Waals surface area contributed by atoms with Crippen LogP contribution >= 0.6 is 31.9 Å². The molecular weight excluding hydrogens is 875 g/mol. The monoisotopic (exact) mass is 900 g/mol. The van der Waals surface area contributed by atoms with E-state index in [2.05, 4.69) is 60.2 Å². The van der Waals surface area contributed by atoms with Gasteiger partial charge in [-0.2, -0.15) is 47.9 Å².